The fourth-order valence-corrected chi connectivity index (χ4v) is 4.11. The van der Waals surface area contributed by atoms with Crippen molar-refractivity contribution in [2.24, 2.45) is 5.41 Å². The van der Waals surface area contributed by atoms with E-state index in [4.69, 9.17) is 0 Å². The van der Waals surface area contributed by atoms with Gasteiger partial charge in [-0.3, -0.25) is 9.58 Å². The fourth-order valence-electron chi connectivity index (χ4n) is 4.11. The van der Waals surface area contributed by atoms with Crippen molar-refractivity contribution in [3.05, 3.63) is 12.4 Å². The van der Waals surface area contributed by atoms with Crippen LogP contribution in [0.25, 0.3) is 0 Å². The molecule has 0 radical (unpaired) electrons. The highest BCUT2D eigenvalue weighted by Gasteiger charge is 2.63. The second kappa shape index (κ2) is 5.23. The van der Waals surface area contributed by atoms with Gasteiger partial charge in [0, 0.05) is 30.2 Å². The summed E-state index contributed by atoms with van der Waals surface area (Å²) in [5.41, 5.74) is 0.514. The van der Waals surface area contributed by atoms with Crippen molar-refractivity contribution in [2.75, 3.05) is 6.54 Å². The van der Waals surface area contributed by atoms with Gasteiger partial charge in [-0.05, 0) is 25.8 Å². The highest BCUT2D eigenvalue weighted by Crippen LogP contribution is 2.60. The molecule has 0 amide bonds. The highest BCUT2D eigenvalue weighted by molar-refractivity contribution is 5.16. The fraction of sp³-hybridized carbons (Fsp3) is 0.867. The van der Waals surface area contributed by atoms with Gasteiger partial charge in [-0.2, -0.15) is 0 Å². The van der Waals surface area contributed by atoms with Gasteiger partial charge in [0.25, 0.3) is 0 Å². The third-order valence-corrected chi connectivity index (χ3v) is 5.11. The van der Waals surface area contributed by atoms with E-state index in [9.17, 15) is 0 Å². The summed E-state index contributed by atoms with van der Waals surface area (Å²) in [4.78, 5) is 2.76. The quantitative estimate of drug-likeness (QED) is 0.709. The first-order valence-electron chi connectivity index (χ1n) is 7.89. The predicted molar refractivity (Wildman–Crippen MR) is 75.8 cm³/mol. The van der Waals surface area contributed by atoms with Crippen molar-refractivity contribution in [3.63, 3.8) is 0 Å². The monoisotopic (exact) mass is 262 g/mol. The summed E-state index contributed by atoms with van der Waals surface area (Å²) in [5, 5.41) is 8.08. The smallest absolute Gasteiger partial charge is 0.0692 e. The molecule has 1 aromatic heterocycles. The topological polar surface area (TPSA) is 34.0 Å². The Morgan fingerprint density at radius 1 is 1.26 bits per heavy atom. The molecule has 4 heteroatoms. The molecular formula is C15H26N4. The van der Waals surface area contributed by atoms with Gasteiger partial charge in [0.15, 0.2) is 0 Å². The molecule has 0 bridgehead atoms. The number of unbranched alkanes of at least 4 members (excludes halogenated alkanes) is 2. The molecule has 1 aliphatic carbocycles. The molecule has 1 saturated carbocycles. The van der Waals surface area contributed by atoms with E-state index >= 15 is 0 Å². The van der Waals surface area contributed by atoms with Crippen LogP contribution < -0.4 is 0 Å². The lowest BCUT2D eigenvalue weighted by Gasteiger charge is -2.26. The minimum Gasteiger partial charge on any atom is -0.297 e. The maximum absolute atomic E-state index is 4.15. The molecular weight excluding hydrogens is 236 g/mol. The number of aromatic nitrogens is 3. The van der Waals surface area contributed by atoms with Crippen LogP contribution in [0.2, 0.25) is 0 Å². The van der Waals surface area contributed by atoms with Crippen molar-refractivity contribution in [1.82, 2.24) is 19.9 Å². The molecule has 3 rings (SSSR count). The first kappa shape index (κ1) is 13.1. The van der Waals surface area contributed by atoms with Crippen LogP contribution in [0.15, 0.2) is 12.4 Å². The summed E-state index contributed by atoms with van der Waals surface area (Å²) in [6.07, 6.45) is 12.0. The third kappa shape index (κ3) is 2.42. The minimum absolute atomic E-state index is 0.514. The van der Waals surface area contributed by atoms with Crippen molar-refractivity contribution in [1.29, 1.82) is 0 Å². The van der Waals surface area contributed by atoms with E-state index < -0.39 is 0 Å². The molecule has 106 valence electrons. The number of nitrogens with zero attached hydrogens (tertiary/aromatic N) is 4. The van der Waals surface area contributed by atoms with Crippen molar-refractivity contribution >= 4 is 0 Å². The molecule has 2 fully saturated rings. The van der Waals surface area contributed by atoms with E-state index in [0.29, 0.717) is 5.41 Å². The predicted octanol–water partition coefficient (Wildman–Crippen LogP) is 2.71. The van der Waals surface area contributed by atoms with E-state index in [1.165, 1.54) is 45.1 Å². The van der Waals surface area contributed by atoms with Gasteiger partial charge in [-0.25, -0.2) is 0 Å². The standard InChI is InChI=1S/C15H26N4/c1-3-5-6-7-13-10-15(11-14(15)19(13)4-2)12-18-9-8-16-17-18/h8-9,13-14H,3-7,10-12H2,1-2H3/t13-,14-,15+/m1/s1. The largest absolute Gasteiger partial charge is 0.297 e. The van der Waals surface area contributed by atoms with Crippen molar-refractivity contribution in [2.45, 2.75) is 71.0 Å². The molecule has 0 aromatic carbocycles. The Bertz CT molecular complexity index is 402. The molecule has 1 aliphatic heterocycles. The Morgan fingerprint density at radius 2 is 2.16 bits per heavy atom. The van der Waals surface area contributed by atoms with Crippen LogP contribution in [0.3, 0.4) is 0 Å². The van der Waals surface area contributed by atoms with Crippen LogP contribution in [0.5, 0.6) is 0 Å². The van der Waals surface area contributed by atoms with Gasteiger partial charge in [0.2, 0.25) is 0 Å². The zero-order chi connectivity index (χ0) is 13.3. The lowest BCUT2D eigenvalue weighted by Crippen LogP contribution is -2.32. The maximum Gasteiger partial charge on any atom is 0.0692 e. The Kier molecular flexibility index (Phi) is 3.61. The summed E-state index contributed by atoms with van der Waals surface area (Å²) in [6.45, 7) is 6.88. The number of likely N-dealkylation sites (tertiary alicyclic amines) is 1. The average Bonchev–Trinajstić information content (AvgIpc) is 2.77. The molecule has 19 heavy (non-hydrogen) atoms. The molecule has 0 spiro atoms. The summed E-state index contributed by atoms with van der Waals surface area (Å²) in [7, 11) is 0. The molecule has 1 saturated heterocycles. The molecule has 2 heterocycles. The summed E-state index contributed by atoms with van der Waals surface area (Å²) in [6, 6.07) is 1.63. The Balaban J connectivity index is 1.61. The number of piperidine rings is 1. The normalized spacial score (nSPS) is 33.6. The first-order chi connectivity index (χ1) is 9.29. The summed E-state index contributed by atoms with van der Waals surface area (Å²) >= 11 is 0. The lowest BCUT2D eigenvalue weighted by molar-refractivity contribution is 0.214. The van der Waals surface area contributed by atoms with Crippen molar-refractivity contribution in [3.8, 4) is 0 Å². The van der Waals surface area contributed by atoms with Crippen molar-refractivity contribution < 1.29 is 0 Å². The van der Waals surface area contributed by atoms with Crippen LogP contribution in [0, 0.1) is 5.41 Å². The first-order valence-corrected chi connectivity index (χ1v) is 7.89. The minimum atomic E-state index is 0.514. The van der Waals surface area contributed by atoms with Crippen LogP contribution in [-0.2, 0) is 6.54 Å². The average molecular weight is 262 g/mol. The van der Waals surface area contributed by atoms with Crippen LogP contribution in [0.1, 0.15) is 52.4 Å². The van der Waals surface area contributed by atoms with E-state index in [-0.39, 0.29) is 0 Å². The summed E-state index contributed by atoms with van der Waals surface area (Å²) in [5.74, 6) is 0. The molecule has 0 unspecified atom stereocenters. The zero-order valence-electron chi connectivity index (χ0n) is 12.3. The SMILES string of the molecule is CCCCC[C@@H]1C[C@@]2(Cn3ccnn3)C[C@H]2N1CC. The Labute approximate surface area is 116 Å². The van der Waals surface area contributed by atoms with E-state index in [1.807, 2.05) is 10.9 Å². The van der Waals surface area contributed by atoms with Crippen LogP contribution in [0.4, 0.5) is 0 Å². The molecule has 3 atom stereocenters. The molecule has 0 N–H and O–H groups in total. The van der Waals surface area contributed by atoms with Gasteiger partial charge in [0.05, 0.1) is 6.20 Å². The lowest BCUT2D eigenvalue weighted by atomic mass is 9.96. The molecule has 2 aliphatic rings. The van der Waals surface area contributed by atoms with Gasteiger partial charge in [0.1, 0.15) is 0 Å². The van der Waals surface area contributed by atoms with Gasteiger partial charge in [-0.1, -0.05) is 38.3 Å². The van der Waals surface area contributed by atoms with Gasteiger partial charge < -0.3 is 0 Å². The van der Waals surface area contributed by atoms with Gasteiger partial charge in [-0.15, -0.1) is 5.10 Å². The number of fused-ring (bicyclic) bond motifs is 1. The third-order valence-electron chi connectivity index (χ3n) is 5.11. The van der Waals surface area contributed by atoms with E-state index in [0.717, 1.165) is 18.6 Å². The Morgan fingerprint density at radius 3 is 2.84 bits per heavy atom. The molecule has 1 aromatic rings. The Hall–Kier alpha value is -0.900. The molecule has 4 nitrogen and oxygen atoms in total. The van der Waals surface area contributed by atoms with E-state index in [1.54, 1.807) is 6.20 Å². The van der Waals surface area contributed by atoms with Crippen LogP contribution >= 0.6 is 0 Å². The summed E-state index contributed by atoms with van der Waals surface area (Å²) < 4.78 is 2.03. The van der Waals surface area contributed by atoms with Crippen LogP contribution in [-0.4, -0.2) is 38.5 Å². The maximum atomic E-state index is 4.15. The van der Waals surface area contributed by atoms with Gasteiger partial charge >= 0.3 is 0 Å². The second-order valence-corrected chi connectivity index (χ2v) is 6.37. The zero-order valence-corrected chi connectivity index (χ0v) is 12.3. The number of hydrogen-bond donors (Lipinski definition) is 0. The van der Waals surface area contributed by atoms with E-state index in [2.05, 4.69) is 29.1 Å². The number of hydrogen-bond acceptors (Lipinski definition) is 3. The second-order valence-electron chi connectivity index (χ2n) is 6.37. The highest BCUT2D eigenvalue weighted by atomic mass is 15.4. The number of rotatable bonds is 7.